The van der Waals surface area contributed by atoms with E-state index in [1.54, 1.807) is 12.1 Å². The Balaban J connectivity index is 0.903. The highest BCUT2D eigenvalue weighted by atomic mass is 16.5. The van der Waals surface area contributed by atoms with Gasteiger partial charge in [-0.25, -0.2) is 14.8 Å². The van der Waals surface area contributed by atoms with E-state index in [-0.39, 0.29) is 11.7 Å². The van der Waals surface area contributed by atoms with E-state index in [2.05, 4.69) is 43.5 Å². The van der Waals surface area contributed by atoms with Gasteiger partial charge in [0.1, 0.15) is 12.4 Å². The Labute approximate surface area is 266 Å². The van der Waals surface area contributed by atoms with Crippen LogP contribution in [0, 0.1) is 5.92 Å². The normalized spacial score (nSPS) is 19.3. The van der Waals surface area contributed by atoms with Gasteiger partial charge in [-0.3, -0.25) is 9.58 Å². The lowest BCUT2D eigenvalue weighted by atomic mass is 9.93. The zero-order valence-electron chi connectivity index (χ0n) is 25.8. The molecule has 1 N–H and O–H groups in total. The first-order valence-corrected chi connectivity index (χ1v) is 16.2. The van der Waals surface area contributed by atoms with Crippen LogP contribution < -0.4 is 4.74 Å². The predicted octanol–water partition coefficient (Wildman–Crippen LogP) is 4.87. The molecule has 0 spiro atoms. The molecule has 5 aromatic rings. The summed E-state index contributed by atoms with van der Waals surface area (Å²) in [7, 11) is 0. The van der Waals surface area contributed by atoms with Crippen LogP contribution in [0.3, 0.4) is 0 Å². The third-order valence-corrected chi connectivity index (χ3v) is 9.60. The Morgan fingerprint density at radius 2 is 1.85 bits per heavy atom. The average molecular weight is 623 g/mol. The van der Waals surface area contributed by atoms with Crippen LogP contribution in [-0.4, -0.2) is 79.3 Å². The van der Waals surface area contributed by atoms with Crippen molar-refractivity contribution in [2.45, 2.75) is 57.5 Å². The second-order valence-corrected chi connectivity index (χ2v) is 12.8. The summed E-state index contributed by atoms with van der Waals surface area (Å²) in [5.41, 5.74) is 5.24. The summed E-state index contributed by atoms with van der Waals surface area (Å²) in [6.07, 6.45) is 5.08. The van der Waals surface area contributed by atoms with Gasteiger partial charge in [0.05, 0.1) is 60.7 Å². The van der Waals surface area contributed by atoms with Crippen LogP contribution >= 0.6 is 0 Å². The number of carbonyl (C=O) groups is 1. The number of pyridine rings is 1. The van der Waals surface area contributed by atoms with Crippen LogP contribution in [0.2, 0.25) is 0 Å². The van der Waals surface area contributed by atoms with E-state index >= 15 is 0 Å². The number of fused-ring (bicyclic) bond motifs is 2. The monoisotopic (exact) mass is 622 g/mol. The van der Waals surface area contributed by atoms with Crippen LogP contribution in [0.5, 0.6) is 5.88 Å². The van der Waals surface area contributed by atoms with Gasteiger partial charge < -0.3 is 23.9 Å². The SMILES string of the molecule is O=C(O)c1ccc2nc(CN3CCC(c4cccc(OCc5ccc6cnn(CC7COC7)c6c5)n4)CC3)n(CC3CCO3)c2c1. The van der Waals surface area contributed by atoms with Crippen molar-refractivity contribution < 1.29 is 24.1 Å². The fraction of sp³-hybridized carbons (Fsp3) is 0.429. The van der Waals surface area contributed by atoms with Gasteiger partial charge in [0.25, 0.3) is 0 Å². The molecule has 3 aliphatic rings. The highest BCUT2D eigenvalue weighted by Gasteiger charge is 2.26. The molecule has 3 fully saturated rings. The van der Waals surface area contributed by atoms with Crippen LogP contribution in [-0.2, 0) is 35.7 Å². The summed E-state index contributed by atoms with van der Waals surface area (Å²) >= 11 is 0. The molecule has 0 saturated carbocycles. The molecule has 11 nitrogen and oxygen atoms in total. The van der Waals surface area contributed by atoms with Crippen LogP contribution in [0.4, 0.5) is 0 Å². The molecule has 2 aromatic carbocycles. The number of nitrogens with zero attached hydrogens (tertiary/aromatic N) is 6. The number of hydrogen-bond acceptors (Lipinski definition) is 8. The van der Waals surface area contributed by atoms with Gasteiger partial charge in [-0.1, -0.05) is 18.2 Å². The van der Waals surface area contributed by atoms with E-state index in [0.29, 0.717) is 37.4 Å². The van der Waals surface area contributed by atoms with Crippen LogP contribution in [0.25, 0.3) is 21.9 Å². The predicted molar refractivity (Wildman–Crippen MR) is 171 cm³/mol. The Bertz CT molecular complexity index is 1870. The molecule has 6 heterocycles. The van der Waals surface area contributed by atoms with Crippen molar-refractivity contribution in [1.82, 2.24) is 29.2 Å². The van der Waals surface area contributed by atoms with E-state index in [1.807, 2.05) is 24.4 Å². The zero-order chi connectivity index (χ0) is 31.0. The molecule has 3 aromatic heterocycles. The largest absolute Gasteiger partial charge is 0.478 e. The second kappa shape index (κ2) is 12.5. The third kappa shape index (κ3) is 5.97. The number of aromatic carboxylic acids is 1. The molecular weight excluding hydrogens is 584 g/mol. The summed E-state index contributed by atoms with van der Waals surface area (Å²) in [5, 5.41) is 15.3. The molecule has 0 amide bonds. The first-order valence-electron chi connectivity index (χ1n) is 16.2. The van der Waals surface area contributed by atoms with Crippen molar-refractivity contribution in [2.24, 2.45) is 5.92 Å². The first kappa shape index (κ1) is 29.1. The van der Waals surface area contributed by atoms with Crippen molar-refractivity contribution in [3.05, 3.63) is 83.4 Å². The summed E-state index contributed by atoms with van der Waals surface area (Å²) in [6, 6.07) is 17.6. The van der Waals surface area contributed by atoms with Gasteiger partial charge in [-0.2, -0.15) is 5.10 Å². The maximum absolute atomic E-state index is 11.6. The van der Waals surface area contributed by atoms with E-state index in [4.69, 9.17) is 24.2 Å². The number of imidazole rings is 1. The van der Waals surface area contributed by atoms with Gasteiger partial charge in [-0.05, 0) is 68.2 Å². The quantitative estimate of drug-likeness (QED) is 0.220. The lowest BCUT2D eigenvalue weighted by Gasteiger charge is -2.32. The minimum atomic E-state index is -0.929. The van der Waals surface area contributed by atoms with Crippen LogP contribution in [0.1, 0.15) is 52.6 Å². The Hall–Kier alpha value is -4.32. The van der Waals surface area contributed by atoms with E-state index in [0.717, 1.165) is 97.7 Å². The summed E-state index contributed by atoms with van der Waals surface area (Å²) in [5.74, 6) is 1.57. The molecule has 0 aliphatic carbocycles. The van der Waals surface area contributed by atoms with Crippen molar-refractivity contribution in [2.75, 3.05) is 32.9 Å². The molecule has 0 bridgehead atoms. The number of carboxylic acid groups (broad SMARTS) is 1. The third-order valence-electron chi connectivity index (χ3n) is 9.60. The van der Waals surface area contributed by atoms with Crippen LogP contribution in [0.15, 0.2) is 60.8 Å². The second-order valence-electron chi connectivity index (χ2n) is 12.8. The maximum atomic E-state index is 11.6. The molecule has 1 unspecified atom stereocenters. The Morgan fingerprint density at radius 1 is 0.978 bits per heavy atom. The number of hydrogen-bond donors (Lipinski definition) is 1. The average Bonchev–Trinajstić information content (AvgIpc) is 3.59. The lowest BCUT2D eigenvalue weighted by molar-refractivity contribution is -0.0592. The summed E-state index contributed by atoms with van der Waals surface area (Å²) < 4.78 is 21.5. The number of ether oxygens (including phenoxy) is 3. The molecule has 8 rings (SSSR count). The van der Waals surface area contributed by atoms with Gasteiger partial charge >= 0.3 is 5.97 Å². The molecule has 46 heavy (non-hydrogen) atoms. The minimum Gasteiger partial charge on any atom is -0.478 e. The van der Waals surface area contributed by atoms with E-state index in [9.17, 15) is 9.90 Å². The number of carboxylic acids is 1. The molecular formula is C35H38N6O5. The summed E-state index contributed by atoms with van der Waals surface area (Å²) in [4.78, 5) is 23.9. The van der Waals surface area contributed by atoms with Crippen molar-refractivity contribution >= 4 is 27.9 Å². The molecule has 3 saturated heterocycles. The number of likely N-dealkylation sites (tertiary alicyclic amines) is 1. The molecule has 0 radical (unpaired) electrons. The molecule has 11 heteroatoms. The van der Waals surface area contributed by atoms with Gasteiger partial charge in [0, 0.05) is 42.1 Å². The molecule has 3 aliphatic heterocycles. The minimum absolute atomic E-state index is 0.148. The standard InChI is InChI=1S/C35H38N6O5/c42-35(43)26-6-7-30-32(15-26)40(18-28-10-13-45-28)33(37-30)19-39-11-8-25(9-12-39)29-2-1-3-34(38-29)46-22-23-4-5-27-16-36-41(31(27)14-23)17-24-20-44-21-24/h1-7,14-16,24-25,28H,8-13,17-22H2,(H,42,43). The Morgan fingerprint density at radius 3 is 2.61 bits per heavy atom. The van der Waals surface area contributed by atoms with Gasteiger partial charge in [-0.15, -0.1) is 0 Å². The smallest absolute Gasteiger partial charge is 0.335 e. The van der Waals surface area contributed by atoms with Gasteiger partial charge in [0.2, 0.25) is 5.88 Å². The number of benzene rings is 2. The number of rotatable bonds is 11. The van der Waals surface area contributed by atoms with Crippen molar-refractivity contribution in [1.29, 1.82) is 0 Å². The Kier molecular flexibility index (Phi) is 7.89. The maximum Gasteiger partial charge on any atom is 0.335 e. The fourth-order valence-electron chi connectivity index (χ4n) is 6.73. The topological polar surface area (TPSA) is 117 Å². The van der Waals surface area contributed by atoms with Gasteiger partial charge in [0.15, 0.2) is 0 Å². The van der Waals surface area contributed by atoms with E-state index in [1.165, 1.54) is 0 Å². The molecule has 1 atom stereocenters. The highest BCUT2D eigenvalue weighted by Crippen LogP contribution is 2.30. The summed E-state index contributed by atoms with van der Waals surface area (Å²) in [6.45, 7) is 6.98. The van der Waals surface area contributed by atoms with Crippen molar-refractivity contribution in [3.63, 3.8) is 0 Å². The number of piperidine rings is 1. The first-order chi connectivity index (χ1) is 22.6. The highest BCUT2D eigenvalue weighted by molar-refractivity contribution is 5.92. The zero-order valence-corrected chi connectivity index (χ0v) is 25.8. The lowest BCUT2D eigenvalue weighted by Crippen LogP contribution is -2.35. The van der Waals surface area contributed by atoms with E-state index < -0.39 is 5.97 Å². The molecule has 238 valence electrons. The van der Waals surface area contributed by atoms with Crippen molar-refractivity contribution in [3.8, 4) is 5.88 Å². The fourth-order valence-corrected chi connectivity index (χ4v) is 6.73. The number of aromatic nitrogens is 5.